The van der Waals surface area contributed by atoms with Crippen LogP contribution in [0.15, 0.2) is 48.5 Å². The lowest BCUT2D eigenvalue weighted by molar-refractivity contribution is -0.123. The van der Waals surface area contributed by atoms with E-state index in [4.69, 9.17) is 4.74 Å². The Labute approximate surface area is 159 Å². The van der Waals surface area contributed by atoms with Crippen LogP contribution in [0.2, 0.25) is 0 Å². The van der Waals surface area contributed by atoms with E-state index < -0.39 is 0 Å². The van der Waals surface area contributed by atoms with E-state index >= 15 is 0 Å². The Balaban J connectivity index is 1.31. The summed E-state index contributed by atoms with van der Waals surface area (Å²) < 4.78 is 5.66. The summed E-state index contributed by atoms with van der Waals surface area (Å²) in [6, 6.07) is 15.9. The number of anilines is 1. The van der Waals surface area contributed by atoms with Crippen molar-refractivity contribution in [3.8, 4) is 5.75 Å². The number of rotatable bonds is 6. The molecule has 27 heavy (non-hydrogen) atoms. The minimum absolute atomic E-state index is 0.00395. The smallest absolute Gasteiger partial charge is 0.257 e. The SMILES string of the molecule is O=C(COc1ccc2c(c1)CCC(=O)N2)NCC1(c2ccccc2)CCC1. The van der Waals surface area contributed by atoms with Crippen molar-refractivity contribution in [2.24, 2.45) is 0 Å². The Morgan fingerprint density at radius 3 is 2.67 bits per heavy atom. The molecular formula is C22H24N2O3. The average molecular weight is 364 g/mol. The third-order valence-electron chi connectivity index (χ3n) is 5.66. The molecule has 140 valence electrons. The number of carbonyl (C=O) groups excluding carboxylic acids is 2. The van der Waals surface area contributed by atoms with Crippen LogP contribution in [0, 0.1) is 0 Å². The Hall–Kier alpha value is -2.82. The molecule has 2 N–H and O–H groups in total. The van der Waals surface area contributed by atoms with Crippen molar-refractivity contribution < 1.29 is 14.3 Å². The molecule has 4 rings (SSSR count). The molecule has 0 bridgehead atoms. The lowest BCUT2D eigenvalue weighted by Gasteiger charge is -2.42. The van der Waals surface area contributed by atoms with Gasteiger partial charge in [-0.05, 0) is 48.6 Å². The number of nitrogens with one attached hydrogen (secondary N) is 2. The quantitative estimate of drug-likeness (QED) is 0.827. The first-order valence-electron chi connectivity index (χ1n) is 9.52. The number of ether oxygens (including phenoxy) is 1. The Kier molecular flexibility index (Phi) is 4.84. The summed E-state index contributed by atoms with van der Waals surface area (Å²) in [5, 5.41) is 5.88. The fraction of sp³-hybridized carbons (Fsp3) is 0.364. The Morgan fingerprint density at radius 1 is 1.11 bits per heavy atom. The number of benzene rings is 2. The second-order valence-corrected chi connectivity index (χ2v) is 7.43. The maximum atomic E-state index is 12.3. The molecule has 0 spiro atoms. The van der Waals surface area contributed by atoms with Gasteiger partial charge in [0.25, 0.3) is 5.91 Å². The molecule has 5 heteroatoms. The molecule has 0 unspecified atom stereocenters. The monoisotopic (exact) mass is 364 g/mol. The Bertz CT molecular complexity index is 844. The number of aryl methyl sites for hydroxylation is 1. The van der Waals surface area contributed by atoms with Gasteiger partial charge in [-0.3, -0.25) is 9.59 Å². The maximum absolute atomic E-state index is 12.3. The number of hydrogen-bond acceptors (Lipinski definition) is 3. The third kappa shape index (κ3) is 3.82. The van der Waals surface area contributed by atoms with Crippen LogP contribution in [0.1, 0.15) is 36.8 Å². The van der Waals surface area contributed by atoms with Gasteiger partial charge in [0.05, 0.1) is 0 Å². The molecule has 1 saturated carbocycles. The van der Waals surface area contributed by atoms with Gasteiger partial charge < -0.3 is 15.4 Å². The lowest BCUT2D eigenvalue weighted by Crippen LogP contribution is -2.46. The van der Waals surface area contributed by atoms with Crippen molar-refractivity contribution in [1.29, 1.82) is 0 Å². The number of fused-ring (bicyclic) bond motifs is 1. The van der Waals surface area contributed by atoms with Gasteiger partial charge in [0, 0.05) is 24.1 Å². The van der Waals surface area contributed by atoms with E-state index in [0.717, 1.165) is 24.1 Å². The van der Waals surface area contributed by atoms with Crippen LogP contribution in [-0.2, 0) is 21.4 Å². The summed E-state index contributed by atoms with van der Waals surface area (Å²) >= 11 is 0. The number of hydrogen-bond donors (Lipinski definition) is 2. The molecule has 1 aliphatic carbocycles. The molecule has 2 aliphatic rings. The largest absolute Gasteiger partial charge is 0.484 e. The molecule has 0 aromatic heterocycles. The van der Waals surface area contributed by atoms with Gasteiger partial charge in [-0.15, -0.1) is 0 Å². The molecule has 0 radical (unpaired) electrons. The van der Waals surface area contributed by atoms with E-state index in [-0.39, 0.29) is 23.8 Å². The van der Waals surface area contributed by atoms with E-state index in [2.05, 4.69) is 34.9 Å². The highest BCUT2D eigenvalue weighted by molar-refractivity contribution is 5.94. The highest BCUT2D eigenvalue weighted by Gasteiger charge is 2.38. The molecule has 1 aliphatic heterocycles. The highest BCUT2D eigenvalue weighted by Crippen LogP contribution is 2.43. The van der Waals surface area contributed by atoms with E-state index in [0.29, 0.717) is 25.1 Å². The second kappa shape index (κ2) is 7.43. The van der Waals surface area contributed by atoms with Gasteiger partial charge in [-0.1, -0.05) is 36.8 Å². The molecule has 1 heterocycles. The van der Waals surface area contributed by atoms with E-state index in [1.807, 2.05) is 18.2 Å². The standard InChI is InChI=1S/C22H24N2O3/c25-20-10-7-16-13-18(8-9-19(16)24-20)27-14-21(26)23-15-22(11-4-12-22)17-5-2-1-3-6-17/h1-3,5-6,8-9,13H,4,7,10-12,14-15H2,(H,23,26)(H,24,25). The van der Waals surface area contributed by atoms with Crippen molar-refractivity contribution in [3.05, 3.63) is 59.7 Å². The minimum Gasteiger partial charge on any atom is -0.484 e. The van der Waals surface area contributed by atoms with Gasteiger partial charge >= 0.3 is 0 Å². The highest BCUT2D eigenvalue weighted by atomic mass is 16.5. The van der Waals surface area contributed by atoms with Crippen molar-refractivity contribution in [2.75, 3.05) is 18.5 Å². The molecule has 0 saturated heterocycles. The normalized spacial score (nSPS) is 17.3. The predicted molar refractivity (Wildman–Crippen MR) is 104 cm³/mol. The van der Waals surface area contributed by atoms with E-state index in [1.165, 1.54) is 12.0 Å². The van der Waals surface area contributed by atoms with E-state index in [9.17, 15) is 9.59 Å². The number of amides is 2. The zero-order valence-corrected chi connectivity index (χ0v) is 15.3. The van der Waals surface area contributed by atoms with Crippen LogP contribution >= 0.6 is 0 Å². The van der Waals surface area contributed by atoms with Crippen molar-refractivity contribution in [1.82, 2.24) is 5.32 Å². The first-order chi connectivity index (χ1) is 13.1. The van der Waals surface area contributed by atoms with Crippen LogP contribution in [0.25, 0.3) is 0 Å². The van der Waals surface area contributed by atoms with Crippen LogP contribution in [-0.4, -0.2) is 25.0 Å². The second-order valence-electron chi connectivity index (χ2n) is 7.43. The molecule has 2 aromatic rings. The lowest BCUT2D eigenvalue weighted by atomic mass is 9.64. The molecule has 0 atom stereocenters. The topological polar surface area (TPSA) is 67.4 Å². The summed E-state index contributed by atoms with van der Waals surface area (Å²) in [6.07, 6.45) is 4.60. The zero-order valence-electron chi connectivity index (χ0n) is 15.3. The van der Waals surface area contributed by atoms with Crippen molar-refractivity contribution in [2.45, 2.75) is 37.5 Å². The fourth-order valence-corrected chi connectivity index (χ4v) is 3.88. The molecular weight excluding hydrogens is 340 g/mol. The van der Waals surface area contributed by atoms with Crippen LogP contribution in [0.5, 0.6) is 5.75 Å². The van der Waals surface area contributed by atoms with Gasteiger partial charge in [0.2, 0.25) is 5.91 Å². The predicted octanol–water partition coefficient (Wildman–Crippen LogP) is 3.19. The zero-order chi connectivity index (χ0) is 18.7. The summed E-state index contributed by atoms with van der Waals surface area (Å²) in [5.74, 6) is 0.587. The Morgan fingerprint density at radius 2 is 1.93 bits per heavy atom. The van der Waals surface area contributed by atoms with Gasteiger partial charge in [0.15, 0.2) is 6.61 Å². The third-order valence-corrected chi connectivity index (χ3v) is 5.66. The molecule has 1 fully saturated rings. The summed E-state index contributed by atoms with van der Waals surface area (Å²) in [7, 11) is 0. The fourth-order valence-electron chi connectivity index (χ4n) is 3.88. The van der Waals surface area contributed by atoms with Crippen LogP contribution in [0.4, 0.5) is 5.69 Å². The summed E-state index contributed by atoms with van der Waals surface area (Å²) in [6.45, 7) is 0.644. The van der Waals surface area contributed by atoms with Gasteiger partial charge in [0.1, 0.15) is 5.75 Å². The van der Waals surface area contributed by atoms with Crippen LogP contribution in [0.3, 0.4) is 0 Å². The van der Waals surface area contributed by atoms with E-state index in [1.54, 1.807) is 6.07 Å². The van der Waals surface area contributed by atoms with Gasteiger partial charge in [-0.2, -0.15) is 0 Å². The maximum Gasteiger partial charge on any atom is 0.257 e. The van der Waals surface area contributed by atoms with Gasteiger partial charge in [-0.25, -0.2) is 0 Å². The average Bonchev–Trinajstić information content (AvgIpc) is 2.66. The molecule has 5 nitrogen and oxygen atoms in total. The number of carbonyl (C=O) groups is 2. The van der Waals surface area contributed by atoms with Crippen molar-refractivity contribution >= 4 is 17.5 Å². The summed E-state index contributed by atoms with van der Waals surface area (Å²) in [5.41, 5.74) is 3.25. The van der Waals surface area contributed by atoms with Crippen LogP contribution < -0.4 is 15.4 Å². The summed E-state index contributed by atoms with van der Waals surface area (Å²) in [4.78, 5) is 23.7. The minimum atomic E-state index is -0.108. The van der Waals surface area contributed by atoms with Crippen molar-refractivity contribution in [3.63, 3.8) is 0 Å². The first-order valence-corrected chi connectivity index (χ1v) is 9.52. The molecule has 2 amide bonds. The first kappa shape index (κ1) is 17.6. The molecule has 2 aromatic carbocycles.